The second-order valence-electron chi connectivity index (χ2n) is 7.75. The Hall–Kier alpha value is -1.37. The first kappa shape index (κ1) is 18.0. The van der Waals surface area contributed by atoms with Crippen molar-refractivity contribution in [2.45, 2.75) is 67.2 Å². The predicted octanol–water partition coefficient (Wildman–Crippen LogP) is 6.74. The molecule has 2 rings (SSSR count). The van der Waals surface area contributed by atoms with Crippen molar-refractivity contribution in [1.82, 2.24) is 0 Å². The third-order valence-electron chi connectivity index (χ3n) is 5.45. The van der Waals surface area contributed by atoms with Gasteiger partial charge in [0, 0.05) is 0 Å². The van der Waals surface area contributed by atoms with Crippen molar-refractivity contribution in [1.29, 1.82) is 0 Å². The summed E-state index contributed by atoms with van der Waals surface area (Å²) >= 11 is 0. The highest BCUT2D eigenvalue weighted by Crippen LogP contribution is 2.36. The molecular formula is C22H31F. The number of allylic oxidation sites excluding steroid dienone is 4. The lowest BCUT2D eigenvalue weighted by molar-refractivity contribution is 0.438. The molecular weight excluding hydrogens is 283 g/mol. The summed E-state index contributed by atoms with van der Waals surface area (Å²) in [6, 6.07) is 3.40. The van der Waals surface area contributed by atoms with Crippen LogP contribution >= 0.6 is 0 Å². The Labute approximate surface area is 141 Å². The average Bonchev–Trinajstić information content (AvgIpc) is 2.42. The van der Waals surface area contributed by atoms with Gasteiger partial charge in [-0.15, -0.1) is 0 Å². The molecule has 0 bridgehead atoms. The maximum absolute atomic E-state index is 13.9. The molecule has 1 aliphatic rings. The maximum Gasteiger partial charge on any atom is 0.123 e. The lowest BCUT2D eigenvalue weighted by Gasteiger charge is -2.29. The van der Waals surface area contributed by atoms with E-state index in [1.807, 2.05) is 6.92 Å². The van der Waals surface area contributed by atoms with Gasteiger partial charge in [0.1, 0.15) is 5.82 Å². The smallest absolute Gasteiger partial charge is 0.123 e. The van der Waals surface area contributed by atoms with Crippen LogP contribution in [-0.4, -0.2) is 0 Å². The Morgan fingerprint density at radius 3 is 2.30 bits per heavy atom. The minimum absolute atomic E-state index is 0.114. The summed E-state index contributed by atoms with van der Waals surface area (Å²) in [5.74, 6) is 1.63. The van der Waals surface area contributed by atoms with Crippen molar-refractivity contribution in [3.63, 3.8) is 0 Å². The summed E-state index contributed by atoms with van der Waals surface area (Å²) in [6.45, 7) is 15.5. The van der Waals surface area contributed by atoms with Gasteiger partial charge in [0.2, 0.25) is 0 Å². The van der Waals surface area contributed by atoms with Crippen molar-refractivity contribution in [3.05, 3.63) is 57.4 Å². The maximum atomic E-state index is 13.9. The number of hydrogen-bond acceptors (Lipinski definition) is 0. The topological polar surface area (TPSA) is 0 Å². The first-order valence-corrected chi connectivity index (χ1v) is 8.88. The van der Waals surface area contributed by atoms with Gasteiger partial charge in [-0.2, -0.15) is 0 Å². The molecule has 0 saturated heterocycles. The minimum Gasteiger partial charge on any atom is -0.207 e. The van der Waals surface area contributed by atoms with Gasteiger partial charge in [-0.3, -0.25) is 0 Å². The van der Waals surface area contributed by atoms with Gasteiger partial charge in [-0.25, -0.2) is 4.39 Å². The fraction of sp³-hybridized carbons (Fsp3) is 0.545. The summed E-state index contributed by atoms with van der Waals surface area (Å²) in [5.41, 5.74) is 7.84. The molecule has 0 aliphatic heterocycles. The molecule has 0 heterocycles. The fourth-order valence-corrected chi connectivity index (χ4v) is 4.11. The van der Waals surface area contributed by atoms with Gasteiger partial charge in [-0.05, 0) is 91.3 Å². The quantitative estimate of drug-likeness (QED) is 0.577. The van der Waals surface area contributed by atoms with E-state index >= 15 is 0 Å². The van der Waals surface area contributed by atoms with Crippen molar-refractivity contribution in [2.75, 3.05) is 0 Å². The highest BCUT2D eigenvalue weighted by Gasteiger charge is 2.22. The van der Waals surface area contributed by atoms with Gasteiger partial charge in [-0.1, -0.05) is 39.3 Å². The molecule has 0 nitrogen and oxygen atoms in total. The van der Waals surface area contributed by atoms with Crippen molar-refractivity contribution in [2.24, 2.45) is 11.8 Å². The molecule has 1 atom stereocenters. The van der Waals surface area contributed by atoms with E-state index in [-0.39, 0.29) is 5.82 Å². The molecule has 1 aliphatic carbocycles. The van der Waals surface area contributed by atoms with E-state index in [9.17, 15) is 4.39 Å². The third-order valence-corrected chi connectivity index (χ3v) is 5.45. The van der Waals surface area contributed by atoms with E-state index in [2.05, 4.69) is 47.6 Å². The zero-order valence-corrected chi connectivity index (χ0v) is 15.8. The molecule has 0 fully saturated rings. The summed E-state index contributed by atoms with van der Waals surface area (Å²) in [7, 11) is 0. The minimum atomic E-state index is -0.114. The number of hydrogen-bond donors (Lipinski definition) is 0. The van der Waals surface area contributed by atoms with Crippen LogP contribution in [0.3, 0.4) is 0 Å². The zero-order chi connectivity index (χ0) is 17.3. The van der Waals surface area contributed by atoms with Crippen LogP contribution in [0.4, 0.5) is 4.39 Å². The molecule has 0 amide bonds. The van der Waals surface area contributed by atoms with Gasteiger partial charge < -0.3 is 0 Å². The van der Waals surface area contributed by atoms with Crippen LogP contribution in [0, 0.1) is 24.6 Å². The molecule has 0 aromatic heterocycles. The number of benzene rings is 1. The van der Waals surface area contributed by atoms with Crippen LogP contribution in [0.2, 0.25) is 0 Å². The summed E-state index contributed by atoms with van der Waals surface area (Å²) in [5, 5.41) is 0. The van der Waals surface area contributed by atoms with E-state index in [4.69, 9.17) is 0 Å². The van der Waals surface area contributed by atoms with Crippen LogP contribution in [-0.2, 0) is 6.42 Å². The third kappa shape index (κ3) is 3.76. The van der Waals surface area contributed by atoms with Crippen LogP contribution in [0.1, 0.15) is 70.6 Å². The molecule has 0 radical (unpaired) electrons. The standard InChI is InChI=1S/C22H31F/c1-13(2)21-9-8-18(16(6)17(21)7)11-19-12-20(23)10-15(5)22(19)14(3)4/h8,10,12-14,21H,9,11H2,1-7H3. The van der Waals surface area contributed by atoms with Gasteiger partial charge in [0.15, 0.2) is 0 Å². The molecule has 1 aromatic rings. The van der Waals surface area contributed by atoms with Crippen LogP contribution in [0.5, 0.6) is 0 Å². The van der Waals surface area contributed by atoms with E-state index in [0.29, 0.717) is 17.8 Å². The monoisotopic (exact) mass is 314 g/mol. The number of aryl methyl sites for hydroxylation is 1. The van der Waals surface area contributed by atoms with Gasteiger partial charge in [0.25, 0.3) is 0 Å². The van der Waals surface area contributed by atoms with Crippen LogP contribution in [0.15, 0.2) is 34.9 Å². The number of rotatable bonds is 4. The second kappa shape index (κ2) is 7.03. The predicted molar refractivity (Wildman–Crippen MR) is 98.3 cm³/mol. The Bertz CT molecular complexity index is 644. The Kier molecular flexibility index (Phi) is 5.49. The van der Waals surface area contributed by atoms with E-state index in [1.165, 1.54) is 22.3 Å². The van der Waals surface area contributed by atoms with Crippen molar-refractivity contribution < 1.29 is 4.39 Å². The largest absolute Gasteiger partial charge is 0.207 e. The Morgan fingerprint density at radius 2 is 1.74 bits per heavy atom. The Balaban J connectivity index is 2.38. The summed E-state index contributed by atoms with van der Waals surface area (Å²) < 4.78 is 13.9. The van der Waals surface area contributed by atoms with Gasteiger partial charge in [0.05, 0.1) is 0 Å². The fourth-order valence-electron chi connectivity index (χ4n) is 4.11. The molecule has 0 saturated carbocycles. The molecule has 23 heavy (non-hydrogen) atoms. The molecule has 1 unspecified atom stereocenters. The summed E-state index contributed by atoms with van der Waals surface area (Å²) in [6.07, 6.45) is 4.35. The SMILES string of the molecule is CC1=C(C)C(C(C)C)CC=C1Cc1cc(F)cc(C)c1C(C)C. The van der Waals surface area contributed by atoms with E-state index in [0.717, 1.165) is 24.0 Å². The highest BCUT2D eigenvalue weighted by molar-refractivity contribution is 5.45. The first-order chi connectivity index (χ1) is 10.7. The normalized spacial score (nSPS) is 18.9. The van der Waals surface area contributed by atoms with E-state index in [1.54, 1.807) is 12.1 Å². The van der Waals surface area contributed by atoms with Crippen molar-refractivity contribution in [3.8, 4) is 0 Å². The zero-order valence-electron chi connectivity index (χ0n) is 15.8. The molecule has 0 spiro atoms. The van der Waals surface area contributed by atoms with Crippen LogP contribution < -0.4 is 0 Å². The molecule has 0 N–H and O–H groups in total. The second-order valence-corrected chi connectivity index (χ2v) is 7.75. The molecule has 1 heteroatoms. The van der Waals surface area contributed by atoms with E-state index < -0.39 is 0 Å². The number of halogens is 1. The van der Waals surface area contributed by atoms with Crippen molar-refractivity contribution >= 4 is 0 Å². The molecule has 126 valence electrons. The average molecular weight is 314 g/mol. The van der Waals surface area contributed by atoms with Crippen LogP contribution in [0.25, 0.3) is 0 Å². The highest BCUT2D eigenvalue weighted by atomic mass is 19.1. The Morgan fingerprint density at radius 1 is 1.09 bits per heavy atom. The lowest BCUT2D eigenvalue weighted by atomic mass is 9.76. The summed E-state index contributed by atoms with van der Waals surface area (Å²) in [4.78, 5) is 0. The lowest BCUT2D eigenvalue weighted by Crippen LogP contribution is -2.16. The van der Waals surface area contributed by atoms with Gasteiger partial charge >= 0.3 is 0 Å². The molecule has 1 aromatic carbocycles. The first-order valence-electron chi connectivity index (χ1n) is 8.88.